The average Bonchev–Trinajstić information content (AvgIpc) is 2.88. The molecule has 2 aromatic heterocycles. The molecule has 0 saturated carbocycles. The predicted octanol–water partition coefficient (Wildman–Crippen LogP) is 2.16. The zero-order valence-corrected chi connectivity index (χ0v) is 15.5. The number of rotatable bonds is 1. The molecule has 1 aliphatic rings. The number of anilines is 1. The Bertz CT molecular complexity index is 1120. The lowest BCUT2D eigenvalue weighted by atomic mass is 10.0. The van der Waals surface area contributed by atoms with Gasteiger partial charge >= 0.3 is 11.7 Å². The summed E-state index contributed by atoms with van der Waals surface area (Å²) in [6.07, 6.45) is 5.97. The van der Waals surface area contributed by atoms with Gasteiger partial charge in [-0.25, -0.2) is 9.59 Å². The van der Waals surface area contributed by atoms with Crippen LogP contribution < -0.4 is 17.0 Å². The largest absolute Gasteiger partial charge is 0.477 e. The van der Waals surface area contributed by atoms with Crippen molar-refractivity contribution in [3.05, 3.63) is 67.6 Å². The molecule has 0 fully saturated rings. The van der Waals surface area contributed by atoms with Crippen molar-refractivity contribution in [2.45, 2.75) is 39.0 Å². The monoisotopic (exact) mass is 382 g/mol. The van der Waals surface area contributed by atoms with E-state index in [-0.39, 0.29) is 0 Å². The molecule has 0 spiro atoms. The molecule has 0 atom stereocenters. The number of hydrogen-bond donors (Lipinski definition) is 4. The molecule has 146 valence electrons. The lowest BCUT2D eigenvalue weighted by molar-refractivity contribution is 0.0689. The molecule has 1 aromatic carbocycles. The summed E-state index contributed by atoms with van der Waals surface area (Å²) in [6, 6.07) is 7.15. The van der Waals surface area contributed by atoms with Crippen molar-refractivity contribution >= 4 is 22.6 Å². The summed E-state index contributed by atoms with van der Waals surface area (Å²) in [5, 5.41) is 9.44. The third-order valence-corrected chi connectivity index (χ3v) is 4.70. The molecule has 0 saturated heterocycles. The molecule has 0 unspecified atom stereocenters. The number of nitrogens with zero attached hydrogens (tertiary/aromatic N) is 1. The van der Waals surface area contributed by atoms with Crippen LogP contribution in [0.5, 0.6) is 0 Å². The highest BCUT2D eigenvalue weighted by Crippen LogP contribution is 2.30. The number of nitrogens with one attached hydrogen (secondary N) is 2. The van der Waals surface area contributed by atoms with E-state index in [2.05, 4.69) is 25.1 Å². The molecule has 8 nitrogen and oxygen atoms in total. The highest BCUT2D eigenvalue weighted by atomic mass is 16.4. The van der Waals surface area contributed by atoms with Crippen LogP contribution in [0.15, 0.2) is 33.9 Å². The van der Waals surface area contributed by atoms with Gasteiger partial charge in [-0.2, -0.15) is 0 Å². The smallest absolute Gasteiger partial charge is 0.352 e. The van der Waals surface area contributed by atoms with Crippen molar-refractivity contribution in [2.24, 2.45) is 0 Å². The molecule has 0 bridgehead atoms. The fraction of sp³-hybridized carbons (Fsp3) is 0.300. The van der Waals surface area contributed by atoms with E-state index in [0.717, 1.165) is 35.5 Å². The van der Waals surface area contributed by atoms with Crippen LogP contribution in [-0.2, 0) is 12.8 Å². The number of fused-ring (bicyclic) bond motifs is 2. The number of hydrogen-bond acceptors (Lipinski definition) is 5. The number of nitrogen functional groups attached to an aromatic ring is 1. The second kappa shape index (κ2) is 8.08. The van der Waals surface area contributed by atoms with Crippen LogP contribution in [0.2, 0.25) is 0 Å². The van der Waals surface area contributed by atoms with Gasteiger partial charge in [0.1, 0.15) is 5.69 Å². The van der Waals surface area contributed by atoms with Gasteiger partial charge in [0.25, 0.3) is 5.56 Å². The van der Waals surface area contributed by atoms with Crippen molar-refractivity contribution in [3.63, 3.8) is 0 Å². The van der Waals surface area contributed by atoms with Gasteiger partial charge in [-0.3, -0.25) is 14.8 Å². The predicted molar refractivity (Wildman–Crippen MR) is 107 cm³/mol. The molecule has 1 aliphatic carbocycles. The summed E-state index contributed by atoms with van der Waals surface area (Å²) >= 11 is 0. The molecule has 8 heteroatoms. The number of benzene rings is 1. The van der Waals surface area contributed by atoms with Gasteiger partial charge in [-0.05, 0) is 50.3 Å². The molecule has 3 aromatic rings. The Labute approximate surface area is 160 Å². The van der Waals surface area contributed by atoms with Crippen LogP contribution in [0, 0.1) is 6.92 Å². The van der Waals surface area contributed by atoms with Crippen LogP contribution in [0.25, 0.3) is 10.9 Å². The Balaban J connectivity index is 0.000000178. The molecule has 5 N–H and O–H groups in total. The quantitative estimate of drug-likeness (QED) is 0.475. The van der Waals surface area contributed by atoms with Crippen LogP contribution >= 0.6 is 0 Å². The summed E-state index contributed by atoms with van der Waals surface area (Å²) < 4.78 is 0. The van der Waals surface area contributed by atoms with E-state index in [9.17, 15) is 14.4 Å². The molecular formula is C20H22N4O4. The van der Waals surface area contributed by atoms with Gasteiger partial charge in [0.2, 0.25) is 0 Å². The molecule has 0 radical (unpaired) electrons. The van der Waals surface area contributed by atoms with Gasteiger partial charge in [0.05, 0.1) is 5.52 Å². The number of aryl methyl sites for hydroxylation is 2. The second-order valence-electron chi connectivity index (χ2n) is 6.84. The minimum Gasteiger partial charge on any atom is -0.477 e. The van der Waals surface area contributed by atoms with Crippen LogP contribution in [0.4, 0.5) is 5.69 Å². The molecule has 4 rings (SSSR count). The Morgan fingerprint density at radius 2 is 1.86 bits per heavy atom. The van der Waals surface area contributed by atoms with E-state index in [1.807, 2.05) is 9.97 Å². The van der Waals surface area contributed by atoms with E-state index < -0.39 is 22.9 Å². The van der Waals surface area contributed by atoms with E-state index in [0.29, 0.717) is 0 Å². The highest BCUT2D eigenvalue weighted by Gasteiger charge is 2.15. The lowest BCUT2D eigenvalue weighted by Gasteiger charge is -2.12. The highest BCUT2D eigenvalue weighted by molar-refractivity contribution is 5.92. The topological polar surface area (TPSA) is 142 Å². The summed E-state index contributed by atoms with van der Waals surface area (Å²) in [4.78, 5) is 39.7. The minimum atomic E-state index is -1.34. The fourth-order valence-electron chi connectivity index (χ4n) is 3.33. The molecule has 0 amide bonds. The van der Waals surface area contributed by atoms with E-state index in [4.69, 9.17) is 15.8 Å². The first-order chi connectivity index (χ1) is 13.3. The first-order valence-electron chi connectivity index (χ1n) is 9.09. The number of aromatic nitrogens is 3. The zero-order chi connectivity index (χ0) is 20.3. The van der Waals surface area contributed by atoms with Crippen molar-refractivity contribution < 1.29 is 9.90 Å². The van der Waals surface area contributed by atoms with Crippen LogP contribution in [-0.4, -0.2) is 26.0 Å². The third kappa shape index (κ3) is 4.28. The summed E-state index contributed by atoms with van der Waals surface area (Å²) in [5.74, 6) is -1.34. The first kappa shape index (κ1) is 19.3. The molecule has 0 aliphatic heterocycles. The lowest BCUT2D eigenvalue weighted by Crippen LogP contribution is -2.24. The minimum absolute atomic E-state index is 0.418. The molecular weight excluding hydrogens is 360 g/mol. The maximum absolute atomic E-state index is 10.5. The normalized spacial score (nSPS) is 13.2. The number of nitrogens with two attached hydrogens (primary N) is 1. The Hall–Kier alpha value is -3.42. The van der Waals surface area contributed by atoms with Gasteiger partial charge in [0, 0.05) is 22.8 Å². The fourth-order valence-corrected chi connectivity index (χ4v) is 3.33. The van der Waals surface area contributed by atoms with Crippen LogP contribution in [0.1, 0.15) is 46.6 Å². The maximum atomic E-state index is 10.5. The van der Waals surface area contributed by atoms with E-state index in [1.54, 1.807) is 0 Å². The van der Waals surface area contributed by atoms with Gasteiger partial charge in [-0.1, -0.05) is 18.1 Å². The van der Waals surface area contributed by atoms with Gasteiger partial charge < -0.3 is 15.8 Å². The third-order valence-electron chi connectivity index (χ3n) is 4.70. The Kier molecular flexibility index (Phi) is 5.58. The van der Waals surface area contributed by atoms with Gasteiger partial charge in [-0.15, -0.1) is 0 Å². The zero-order valence-electron chi connectivity index (χ0n) is 15.5. The Morgan fingerprint density at radius 3 is 2.57 bits per heavy atom. The Morgan fingerprint density at radius 1 is 1.11 bits per heavy atom. The molecule has 28 heavy (non-hydrogen) atoms. The van der Waals surface area contributed by atoms with Crippen LogP contribution in [0.3, 0.4) is 0 Å². The summed E-state index contributed by atoms with van der Waals surface area (Å²) in [6.45, 7) is 2.10. The first-order valence-corrected chi connectivity index (χ1v) is 9.09. The van der Waals surface area contributed by atoms with Crippen molar-refractivity contribution in [2.75, 3.05) is 5.73 Å². The number of pyridine rings is 1. The number of aromatic amines is 2. The summed E-state index contributed by atoms with van der Waals surface area (Å²) in [5.41, 5.74) is 10.2. The second-order valence-corrected chi connectivity index (χ2v) is 6.84. The number of carboxylic acid groups (broad SMARTS) is 1. The van der Waals surface area contributed by atoms with Crippen molar-refractivity contribution in [1.82, 2.24) is 15.0 Å². The average molecular weight is 382 g/mol. The maximum Gasteiger partial charge on any atom is 0.352 e. The molecule has 2 heterocycles. The number of aromatic carboxylic acids is 1. The number of H-pyrrole nitrogens is 2. The van der Waals surface area contributed by atoms with Crippen molar-refractivity contribution in [3.8, 4) is 0 Å². The number of carboxylic acids is 1. The standard InChI is InChI=1S/C15H18N2.C5H4N2O4/c1-10-7-8-14-12(9-10)15(16)11-5-3-2-4-6-13(11)17-14;8-3-1-2(4(9)10)6-5(11)7-3/h7-9H,2-6H2,1H3,(H2,16,17);1H,(H,9,10)(H2,6,7,8,11). The van der Waals surface area contributed by atoms with Crippen molar-refractivity contribution in [1.29, 1.82) is 0 Å². The van der Waals surface area contributed by atoms with E-state index >= 15 is 0 Å². The number of carbonyl (C=O) groups is 1. The SMILES string of the molecule is Cc1ccc2nc3c(c(N)c2c1)CCCCC3.O=C(O)c1cc(=O)[nH]c(=O)[nH]1. The van der Waals surface area contributed by atoms with E-state index in [1.165, 1.54) is 36.1 Å². The summed E-state index contributed by atoms with van der Waals surface area (Å²) in [7, 11) is 0. The van der Waals surface area contributed by atoms with Gasteiger partial charge in [0.15, 0.2) is 0 Å².